The summed E-state index contributed by atoms with van der Waals surface area (Å²) in [7, 11) is 13.2. The van der Waals surface area contributed by atoms with Gasteiger partial charge >= 0.3 is 227 Å². The van der Waals surface area contributed by atoms with Crippen molar-refractivity contribution in [1.82, 2.24) is 9.80 Å². The topological polar surface area (TPSA) is 76.5 Å². The zero-order chi connectivity index (χ0) is 26.3. The second-order valence-electron chi connectivity index (χ2n) is 8.19. The van der Waals surface area contributed by atoms with Crippen LogP contribution in [0.4, 0.5) is 17.1 Å². The smallest absolute Gasteiger partial charge is 1.00 e. The minimum atomic E-state index is -2.49. The number of ether oxygens (including phenoxy) is 3. The van der Waals surface area contributed by atoms with Crippen molar-refractivity contribution >= 4 is 32.4 Å². The normalized spacial score (nSPS) is 9.69. The van der Waals surface area contributed by atoms with E-state index in [1.54, 1.807) is 21.3 Å². The fourth-order valence-electron chi connectivity index (χ4n) is 2.89. The average molecular weight is 575 g/mol. The number of hydrogen-bond donors (Lipinski definition) is 0. The molecule has 0 atom stereocenters. The molecule has 0 saturated carbocycles. The standard InChI is InChI=1S/C21H21AsN3O3.C6H16N2.3Li/c1-26-19-13-7-4-10-16(19)23-22(24-17-11-5-8-14-20(17)27-2)25-18-12-6-9-15-21(18)28-3;1-7(2)5-6-8(3)4;;;/h4-15H,1-3H3;5-6H2,1-4H3;;;/q-3;;3*+1. The zero-order valence-electron chi connectivity index (χ0n) is 25.3. The Kier molecular flexibility index (Phi) is 22.9. The van der Waals surface area contributed by atoms with E-state index < -0.39 is 15.3 Å². The molecule has 3 rings (SSSR count). The predicted octanol–water partition coefficient (Wildman–Crippen LogP) is -2.77. The van der Waals surface area contributed by atoms with Crippen LogP contribution in [0.15, 0.2) is 72.8 Å². The van der Waals surface area contributed by atoms with Crippen molar-refractivity contribution < 1.29 is 70.8 Å². The summed E-state index contributed by atoms with van der Waals surface area (Å²) in [6.45, 7) is 2.29. The molecule has 0 aliphatic carbocycles. The van der Waals surface area contributed by atoms with E-state index in [9.17, 15) is 0 Å². The monoisotopic (exact) mass is 575 g/mol. The summed E-state index contributed by atoms with van der Waals surface area (Å²) in [4.78, 5) is 4.36. The first-order valence-electron chi connectivity index (χ1n) is 11.5. The first-order chi connectivity index (χ1) is 17.4. The van der Waals surface area contributed by atoms with Gasteiger partial charge in [0.05, 0.1) is 0 Å². The fourth-order valence-corrected chi connectivity index (χ4v) is 5.43. The number of benzene rings is 3. The molecule has 3 aromatic rings. The van der Waals surface area contributed by atoms with Crippen LogP contribution >= 0.6 is 0 Å². The Bertz CT molecular complexity index is 925. The van der Waals surface area contributed by atoms with Gasteiger partial charge < -0.3 is 9.80 Å². The number of methoxy groups -OCH3 is 3. The summed E-state index contributed by atoms with van der Waals surface area (Å²) in [5, 5.41) is 0. The molecule has 0 fully saturated rings. The van der Waals surface area contributed by atoms with E-state index in [4.69, 9.17) is 26.9 Å². The van der Waals surface area contributed by atoms with Crippen LogP contribution < -0.4 is 70.8 Å². The van der Waals surface area contributed by atoms with Crippen LogP contribution in [-0.2, 0) is 0 Å². The van der Waals surface area contributed by atoms with Gasteiger partial charge in [0.25, 0.3) is 0 Å². The maximum Gasteiger partial charge on any atom is 1.00 e. The van der Waals surface area contributed by atoms with Crippen molar-refractivity contribution in [3.05, 3.63) is 85.5 Å². The van der Waals surface area contributed by atoms with E-state index in [1.165, 1.54) is 0 Å². The largest absolute Gasteiger partial charge is 1.00 e. The summed E-state index contributed by atoms with van der Waals surface area (Å²) in [6.07, 6.45) is 0. The summed E-state index contributed by atoms with van der Waals surface area (Å²) in [5.74, 6) is 2.06. The van der Waals surface area contributed by atoms with Crippen molar-refractivity contribution in [3.8, 4) is 17.2 Å². The first-order valence-corrected chi connectivity index (χ1v) is 14.0. The molecule has 0 aliphatic rings. The third-order valence-corrected chi connectivity index (χ3v) is 7.32. The molecule has 0 aliphatic heterocycles. The first kappa shape index (κ1) is 39.9. The molecule has 196 valence electrons. The Morgan fingerprint density at radius 1 is 0.513 bits per heavy atom. The molecule has 0 bridgehead atoms. The number of para-hydroxylation sites is 3. The minimum absolute atomic E-state index is 0. The van der Waals surface area contributed by atoms with Gasteiger partial charge in [-0.25, -0.2) is 0 Å². The predicted molar refractivity (Wildman–Crippen MR) is 151 cm³/mol. The Morgan fingerprint density at radius 3 is 1.00 bits per heavy atom. The SMILES string of the molecule is CN(C)CCN(C)C.COc1ccccc1[N-][As]([N-]c1ccccc1OC)[N-]c1ccccc1OC.[Li+].[Li+].[Li+]. The summed E-state index contributed by atoms with van der Waals surface area (Å²) in [6, 6.07) is 22.8. The third-order valence-electron chi connectivity index (χ3n) is 4.84. The summed E-state index contributed by atoms with van der Waals surface area (Å²) >= 11 is -2.49. The molecular formula is C27H37AsLi3N5O3. The Labute approximate surface area is 276 Å². The molecule has 0 heterocycles. The van der Waals surface area contributed by atoms with Crippen molar-refractivity contribution in [1.29, 1.82) is 0 Å². The molecular weight excluding hydrogens is 538 g/mol. The zero-order valence-corrected chi connectivity index (χ0v) is 27.1. The van der Waals surface area contributed by atoms with Gasteiger partial charge in [-0.3, -0.25) is 0 Å². The van der Waals surface area contributed by atoms with Crippen LogP contribution in [0.5, 0.6) is 17.2 Å². The number of hydrogen-bond acceptors (Lipinski definition) is 5. The van der Waals surface area contributed by atoms with Gasteiger partial charge in [0.1, 0.15) is 0 Å². The van der Waals surface area contributed by atoms with Gasteiger partial charge in [-0.05, 0) is 28.2 Å². The van der Waals surface area contributed by atoms with Crippen LogP contribution in [0.3, 0.4) is 0 Å². The van der Waals surface area contributed by atoms with E-state index in [0.29, 0.717) is 17.2 Å². The number of rotatable bonds is 12. The summed E-state index contributed by atoms with van der Waals surface area (Å²) in [5.41, 5.74) is 2.17. The molecule has 0 amide bonds. The van der Waals surface area contributed by atoms with Gasteiger partial charge in [0.15, 0.2) is 0 Å². The van der Waals surface area contributed by atoms with Gasteiger partial charge in [-0.15, -0.1) is 0 Å². The van der Waals surface area contributed by atoms with E-state index in [2.05, 4.69) is 38.0 Å². The number of likely N-dealkylation sites (N-methyl/N-ethyl adjacent to an activating group) is 2. The molecule has 0 saturated heterocycles. The van der Waals surface area contributed by atoms with Crippen molar-refractivity contribution in [3.63, 3.8) is 0 Å². The van der Waals surface area contributed by atoms with E-state index in [1.807, 2.05) is 72.8 Å². The van der Waals surface area contributed by atoms with Crippen molar-refractivity contribution in [2.75, 3.05) is 62.6 Å². The van der Waals surface area contributed by atoms with Crippen LogP contribution in [0.2, 0.25) is 0 Å². The van der Waals surface area contributed by atoms with Gasteiger partial charge in [0, 0.05) is 13.1 Å². The third kappa shape index (κ3) is 14.8. The van der Waals surface area contributed by atoms with Crippen molar-refractivity contribution in [2.45, 2.75) is 0 Å². The minimum Gasteiger partial charge on any atom is 1.00 e. The van der Waals surface area contributed by atoms with Crippen molar-refractivity contribution in [2.24, 2.45) is 0 Å². The second kappa shape index (κ2) is 22.4. The Balaban J connectivity index is 0. The van der Waals surface area contributed by atoms with E-state index in [-0.39, 0.29) is 56.6 Å². The van der Waals surface area contributed by atoms with Crippen LogP contribution in [0.25, 0.3) is 12.7 Å². The van der Waals surface area contributed by atoms with E-state index >= 15 is 0 Å². The van der Waals surface area contributed by atoms with Crippen LogP contribution in [-0.4, -0.2) is 87.7 Å². The molecule has 0 N–H and O–H groups in total. The maximum atomic E-state index is 5.43. The van der Waals surface area contributed by atoms with Crippen LogP contribution in [0.1, 0.15) is 0 Å². The summed E-state index contributed by atoms with van der Waals surface area (Å²) < 4.78 is 30.8. The Morgan fingerprint density at radius 2 is 0.769 bits per heavy atom. The molecule has 12 heteroatoms. The molecule has 39 heavy (non-hydrogen) atoms. The second-order valence-corrected chi connectivity index (χ2v) is 10.6. The van der Waals surface area contributed by atoms with Gasteiger partial charge in [-0.1, -0.05) is 0 Å². The molecule has 8 nitrogen and oxygen atoms in total. The maximum absolute atomic E-state index is 5.43. The quantitative estimate of drug-likeness (QED) is 0.219. The average Bonchev–Trinajstić information content (AvgIpc) is 2.88. The molecule has 3 aromatic carbocycles. The molecule has 0 spiro atoms. The fraction of sp³-hybridized carbons (Fsp3) is 0.333. The van der Waals surface area contributed by atoms with Gasteiger partial charge in [0.2, 0.25) is 0 Å². The van der Waals surface area contributed by atoms with E-state index in [0.717, 1.165) is 30.2 Å². The Hall–Kier alpha value is -1.27. The van der Waals surface area contributed by atoms with Crippen LogP contribution in [0, 0.1) is 0 Å². The van der Waals surface area contributed by atoms with Gasteiger partial charge in [-0.2, -0.15) is 0 Å². The molecule has 0 unspecified atom stereocenters. The molecule has 0 radical (unpaired) electrons. The molecule has 0 aromatic heterocycles. The number of nitrogens with zero attached hydrogens (tertiary/aromatic N) is 5.